The average molecular weight is 209 g/mol. The summed E-state index contributed by atoms with van der Waals surface area (Å²) in [5.74, 6) is 0. The Hall–Kier alpha value is 0.440. The number of ether oxygens (including phenoxy) is 1. The number of rotatable bonds is 6. The molecule has 0 fully saturated rings. The highest BCUT2D eigenvalue weighted by Gasteiger charge is 2.03. The molecule has 0 amide bonds. The highest BCUT2D eigenvalue weighted by molar-refractivity contribution is 9.09. The van der Waals surface area contributed by atoms with Gasteiger partial charge in [-0.2, -0.15) is 0 Å². The van der Waals surface area contributed by atoms with Crippen molar-refractivity contribution in [2.24, 2.45) is 0 Å². The molecule has 0 aromatic carbocycles. The monoisotopic (exact) mass is 208 g/mol. The molecule has 0 bridgehead atoms. The molecule has 0 rings (SSSR count). The van der Waals surface area contributed by atoms with Crippen molar-refractivity contribution < 1.29 is 4.74 Å². The molecule has 0 spiro atoms. The molecule has 0 aliphatic heterocycles. The predicted molar refractivity (Wildman–Crippen MR) is 48.7 cm³/mol. The summed E-state index contributed by atoms with van der Waals surface area (Å²) in [7, 11) is 1.80. The largest absolute Gasteiger partial charge is 0.381 e. The summed E-state index contributed by atoms with van der Waals surface area (Å²) >= 11 is 3.40. The molecule has 0 aliphatic rings. The van der Waals surface area contributed by atoms with Crippen molar-refractivity contribution in [3.05, 3.63) is 0 Å². The van der Waals surface area contributed by atoms with E-state index in [1.54, 1.807) is 7.11 Å². The Morgan fingerprint density at radius 1 is 1.40 bits per heavy atom. The molecule has 0 aliphatic carbocycles. The van der Waals surface area contributed by atoms with E-state index in [1.807, 2.05) is 0 Å². The van der Waals surface area contributed by atoms with Crippen LogP contribution < -0.4 is 0 Å². The highest BCUT2D eigenvalue weighted by Crippen LogP contribution is 2.08. The lowest BCUT2D eigenvalue weighted by molar-refractivity contribution is 0.0871. The highest BCUT2D eigenvalue weighted by atomic mass is 79.9. The van der Waals surface area contributed by atoms with Gasteiger partial charge in [0.25, 0.3) is 0 Å². The van der Waals surface area contributed by atoms with E-state index in [0.29, 0.717) is 6.10 Å². The molecule has 0 N–H and O–H groups in total. The Morgan fingerprint density at radius 3 is 2.50 bits per heavy atom. The fourth-order valence-electron chi connectivity index (χ4n) is 1.01. The van der Waals surface area contributed by atoms with Crippen LogP contribution in [-0.2, 0) is 4.74 Å². The SMILES string of the molecule is CCC[C@@H](CCCBr)OC. The van der Waals surface area contributed by atoms with Gasteiger partial charge in [-0.05, 0) is 19.3 Å². The van der Waals surface area contributed by atoms with Crippen LogP contribution in [-0.4, -0.2) is 18.5 Å². The van der Waals surface area contributed by atoms with E-state index in [0.717, 1.165) is 5.33 Å². The normalized spacial score (nSPS) is 13.5. The predicted octanol–water partition coefficient (Wildman–Crippen LogP) is 2.98. The number of alkyl halides is 1. The molecule has 1 nitrogen and oxygen atoms in total. The van der Waals surface area contributed by atoms with Crippen LogP contribution in [0.3, 0.4) is 0 Å². The first kappa shape index (κ1) is 10.4. The van der Waals surface area contributed by atoms with Crippen LogP contribution in [0.1, 0.15) is 32.6 Å². The first-order valence-corrected chi connectivity index (χ1v) is 5.06. The molecule has 0 saturated carbocycles. The molecule has 2 heteroatoms. The minimum atomic E-state index is 0.488. The lowest BCUT2D eigenvalue weighted by atomic mass is 10.1. The Balaban J connectivity index is 3.21. The lowest BCUT2D eigenvalue weighted by Crippen LogP contribution is -2.09. The number of halogens is 1. The zero-order chi connectivity index (χ0) is 7.82. The van der Waals surface area contributed by atoms with Gasteiger partial charge in [0.05, 0.1) is 6.10 Å². The molecule has 0 aromatic heterocycles. The Kier molecular flexibility index (Phi) is 7.88. The van der Waals surface area contributed by atoms with Gasteiger partial charge < -0.3 is 4.74 Å². The quantitative estimate of drug-likeness (QED) is 0.611. The van der Waals surface area contributed by atoms with Crippen LogP contribution in [0.2, 0.25) is 0 Å². The molecule has 0 heterocycles. The van der Waals surface area contributed by atoms with Crippen molar-refractivity contribution in [2.75, 3.05) is 12.4 Å². The van der Waals surface area contributed by atoms with E-state index < -0.39 is 0 Å². The first-order valence-electron chi connectivity index (χ1n) is 3.93. The molecule has 0 radical (unpaired) electrons. The van der Waals surface area contributed by atoms with E-state index in [9.17, 15) is 0 Å². The van der Waals surface area contributed by atoms with Gasteiger partial charge in [0.15, 0.2) is 0 Å². The van der Waals surface area contributed by atoms with Gasteiger partial charge in [0.1, 0.15) is 0 Å². The van der Waals surface area contributed by atoms with Crippen LogP contribution in [0.25, 0.3) is 0 Å². The van der Waals surface area contributed by atoms with Gasteiger partial charge in [-0.3, -0.25) is 0 Å². The smallest absolute Gasteiger partial charge is 0.0571 e. The number of hydrogen-bond donors (Lipinski definition) is 0. The number of methoxy groups -OCH3 is 1. The van der Waals surface area contributed by atoms with Gasteiger partial charge in [0, 0.05) is 12.4 Å². The van der Waals surface area contributed by atoms with Crippen LogP contribution in [0, 0.1) is 0 Å². The van der Waals surface area contributed by atoms with Gasteiger partial charge in [-0.15, -0.1) is 0 Å². The molecule has 0 saturated heterocycles. The third kappa shape index (κ3) is 5.24. The Labute approximate surface area is 72.3 Å². The summed E-state index contributed by atoms with van der Waals surface area (Å²) in [6.07, 6.45) is 5.32. The summed E-state index contributed by atoms with van der Waals surface area (Å²) in [6.45, 7) is 2.19. The van der Waals surface area contributed by atoms with Crippen molar-refractivity contribution in [1.29, 1.82) is 0 Å². The van der Waals surface area contributed by atoms with E-state index >= 15 is 0 Å². The van der Waals surface area contributed by atoms with Gasteiger partial charge in [-0.1, -0.05) is 29.3 Å². The zero-order valence-electron chi connectivity index (χ0n) is 6.90. The van der Waals surface area contributed by atoms with Gasteiger partial charge >= 0.3 is 0 Å². The topological polar surface area (TPSA) is 9.23 Å². The molecule has 10 heavy (non-hydrogen) atoms. The second-order valence-electron chi connectivity index (χ2n) is 2.48. The van der Waals surface area contributed by atoms with Crippen molar-refractivity contribution in [3.8, 4) is 0 Å². The van der Waals surface area contributed by atoms with Crippen molar-refractivity contribution in [2.45, 2.75) is 38.7 Å². The molecule has 62 valence electrons. The van der Waals surface area contributed by atoms with Crippen molar-refractivity contribution in [1.82, 2.24) is 0 Å². The first-order chi connectivity index (χ1) is 4.85. The molecule has 0 unspecified atom stereocenters. The Bertz CT molecular complexity index is 66.3. The van der Waals surface area contributed by atoms with E-state index in [1.165, 1.54) is 25.7 Å². The zero-order valence-corrected chi connectivity index (χ0v) is 8.49. The van der Waals surface area contributed by atoms with Gasteiger partial charge in [-0.25, -0.2) is 0 Å². The van der Waals surface area contributed by atoms with E-state index in [2.05, 4.69) is 22.9 Å². The fraction of sp³-hybridized carbons (Fsp3) is 1.00. The maximum Gasteiger partial charge on any atom is 0.0571 e. The summed E-state index contributed by atoms with van der Waals surface area (Å²) in [6, 6.07) is 0. The fourth-order valence-corrected chi connectivity index (χ4v) is 1.33. The van der Waals surface area contributed by atoms with Gasteiger partial charge in [0.2, 0.25) is 0 Å². The minimum Gasteiger partial charge on any atom is -0.381 e. The standard InChI is InChI=1S/C8H17BrO/c1-3-5-8(10-2)6-4-7-9/h8H,3-7H2,1-2H3/t8-/m0/s1. The maximum atomic E-state index is 5.27. The lowest BCUT2D eigenvalue weighted by Gasteiger charge is -2.12. The van der Waals surface area contributed by atoms with Crippen LogP contribution in [0.5, 0.6) is 0 Å². The van der Waals surface area contributed by atoms with Crippen molar-refractivity contribution >= 4 is 15.9 Å². The minimum absolute atomic E-state index is 0.488. The molecular weight excluding hydrogens is 192 g/mol. The van der Waals surface area contributed by atoms with Crippen LogP contribution >= 0.6 is 15.9 Å². The van der Waals surface area contributed by atoms with Crippen molar-refractivity contribution in [3.63, 3.8) is 0 Å². The number of hydrogen-bond acceptors (Lipinski definition) is 1. The molecule has 1 atom stereocenters. The van der Waals surface area contributed by atoms with Crippen LogP contribution in [0.15, 0.2) is 0 Å². The van der Waals surface area contributed by atoms with E-state index in [-0.39, 0.29) is 0 Å². The van der Waals surface area contributed by atoms with Crippen LogP contribution in [0.4, 0.5) is 0 Å². The molecular formula is C8H17BrO. The third-order valence-corrected chi connectivity index (χ3v) is 2.16. The second-order valence-corrected chi connectivity index (χ2v) is 3.27. The molecule has 0 aromatic rings. The Morgan fingerprint density at radius 2 is 2.10 bits per heavy atom. The summed E-state index contributed by atoms with van der Waals surface area (Å²) in [5.41, 5.74) is 0. The summed E-state index contributed by atoms with van der Waals surface area (Å²) in [5, 5.41) is 1.09. The average Bonchev–Trinajstić information content (AvgIpc) is 1.98. The third-order valence-electron chi connectivity index (χ3n) is 1.60. The summed E-state index contributed by atoms with van der Waals surface area (Å²) in [4.78, 5) is 0. The van der Waals surface area contributed by atoms with E-state index in [4.69, 9.17) is 4.74 Å². The summed E-state index contributed by atoms with van der Waals surface area (Å²) < 4.78 is 5.27. The maximum absolute atomic E-state index is 5.27. The second kappa shape index (κ2) is 7.55.